The lowest BCUT2D eigenvalue weighted by atomic mass is 9.90. The number of carbonyl (C=O) groups excluding carboxylic acids is 1. The molecule has 1 atom stereocenters. The monoisotopic (exact) mass is 543 g/mol. The number of para-hydroxylation sites is 1. The van der Waals surface area contributed by atoms with E-state index in [1.54, 1.807) is 18.2 Å². The van der Waals surface area contributed by atoms with Gasteiger partial charge in [-0.3, -0.25) is 4.79 Å². The Balaban J connectivity index is 1.31. The highest BCUT2D eigenvalue weighted by Crippen LogP contribution is 2.48. The number of nitrogens with one attached hydrogen (secondary N) is 2. The van der Waals surface area contributed by atoms with Gasteiger partial charge in [-0.15, -0.1) is 0 Å². The quantitative estimate of drug-likeness (QED) is 0.239. The van der Waals surface area contributed by atoms with Crippen molar-refractivity contribution >= 4 is 16.8 Å². The molecule has 1 unspecified atom stereocenters. The predicted molar refractivity (Wildman–Crippen MR) is 150 cm³/mol. The molecule has 0 saturated heterocycles. The van der Waals surface area contributed by atoms with Gasteiger partial charge >= 0.3 is 0 Å². The summed E-state index contributed by atoms with van der Waals surface area (Å²) < 4.78 is 16.9. The van der Waals surface area contributed by atoms with Gasteiger partial charge in [-0.1, -0.05) is 18.2 Å². The summed E-state index contributed by atoms with van der Waals surface area (Å²) in [5.41, 5.74) is 4.41. The lowest BCUT2D eigenvalue weighted by molar-refractivity contribution is 0.00951. The Labute approximate surface area is 232 Å². The molecule has 2 aliphatic rings. The number of rotatable bonds is 10. The van der Waals surface area contributed by atoms with E-state index < -0.39 is 5.60 Å². The summed E-state index contributed by atoms with van der Waals surface area (Å²) in [5, 5.41) is 25.1. The molecule has 1 fully saturated rings. The molecule has 2 aromatic heterocycles. The van der Waals surface area contributed by atoms with Crippen LogP contribution in [0.1, 0.15) is 40.0 Å². The van der Waals surface area contributed by atoms with E-state index in [2.05, 4.69) is 29.4 Å². The van der Waals surface area contributed by atoms with E-state index in [4.69, 9.17) is 24.3 Å². The number of aryl methyl sites for hydroxylation is 1. The second-order valence-corrected chi connectivity index (χ2v) is 10.5. The maximum atomic E-state index is 13.2. The van der Waals surface area contributed by atoms with Crippen LogP contribution in [-0.4, -0.2) is 59.6 Å². The standard InChI is InChI=1S/C31H33N3O6/c1-18-4-3-5-22-23(16-32-27(18)22)28-29-19(10-12-40-29)15-26(34-28)31(37,21-7-8-21)17-33-30(36)20-6-9-24(39-13-11-35)25(14-20)38-2/h3-6,9,14-16,21,32,35,37H,7-8,10-13,17H2,1-2H3,(H,33,36). The summed E-state index contributed by atoms with van der Waals surface area (Å²) in [6.07, 6.45) is 4.39. The molecule has 0 spiro atoms. The van der Waals surface area contributed by atoms with Crippen LogP contribution in [0.25, 0.3) is 22.2 Å². The molecule has 4 aromatic rings. The van der Waals surface area contributed by atoms with Crippen LogP contribution < -0.4 is 19.5 Å². The van der Waals surface area contributed by atoms with Crippen molar-refractivity contribution in [3.63, 3.8) is 0 Å². The number of carbonyl (C=O) groups is 1. The van der Waals surface area contributed by atoms with Gasteiger partial charge in [0.05, 0.1) is 32.6 Å². The summed E-state index contributed by atoms with van der Waals surface area (Å²) in [6, 6.07) is 12.9. The van der Waals surface area contributed by atoms with Gasteiger partial charge in [-0.25, -0.2) is 4.98 Å². The minimum atomic E-state index is -1.33. The molecule has 208 valence electrons. The van der Waals surface area contributed by atoms with Crippen molar-refractivity contribution in [2.75, 3.05) is 33.5 Å². The molecular formula is C31H33N3O6. The van der Waals surface area contributed by atoms with Crippen molar-refractivity contribution in [1.29, 1.82) is 0 Å². The molecule has 9 heteroatoms. The highest BCUT2D eigenvalue weighted by molar-refractivity contribution is 5.98. The Morgan fingerprint density at radius 1 is 1.23 bits per heavy atom. The van der Waals surface area contributed by atoms with Crippen molar-refractivity contribution in [2.45, 2.75) is 31.8 Å². The van der Waals surface area contributed by atoms with Gasteiger partial charge in [0, 0.05) is 40.2 Å². The number of amides is 1. The topological polar surface area (TPSA) is 126 Å². The zero-order valence-electron chi connectivity index (χ0n) is 22.6. The average Bonchev–Trinajstić information content (AvgIpc) is 3.57. The first-order valence-electron chi connectivity index (χ1n) is 13.6. The first-order valence-corrected chi connectivity index (χ1v) is 13.6. The molecule has 40 heavy (non-hydrogen) atoms. The Kier molecular flexibility index (Phi) is 6.85. The summed E-state index contributed by atoms with van der Waals surface area (Å²) in [7, 11) is 1.49. The van der Waals surface area contributed by atoms with Crippen LogP contribution in [0.4, 0.5) is 0 Å². The lowest BCUT2D eigenvalue weighted by Gasteiger charge is -2.29. The minimum Gasteiger partial charge on any atom is -0.493 e. The highest BCUT2D eigenvalue weighted by atomic mass is 16.5. The number of H-pyrrole nitrogens is 1. The van der Waals surface area contributed by atoms with Gasteiger partial charge in [0.25, 0.3) is 5.91 Å². The normalized spacial score (nSPS) is 15.8. The van der Waals surface area contributed by atoms with Crippen LogP contribution in [0.15, 0.2) is 48.7 Å². The fraction of sp³-hybridized carbons (Fsp3) is 0.355. The first-order chi connectivity index (χ1) is 19.4. The molecular weight excluding hydrogens is 510 g/mol. The first kappa shape index (κ1) is 26.2. The molecule has 1 amide bonds. The molecule has 1 saturated carbocycles. The molecule has 6 rings (SSSR count). The van der Waals surface area contributed by atoms with Crippen molar-refractivity contribution in [2.24, 2.45) is 5.92 Å². The number of methoxy groups -OCH3 is 1. The zero-order valence-corrected chi connectivity index (χ0v) is 22.6. The number of aromatic nitrogens is 2. The number of nitrogens with zero attached hydrogens (tertiary/aromatic N) is 1. The number of aromatic amines is 1. The van der Waals surface area contributed by atoms with Crippen LogP contribution in [0.2, 0.25) is 0 Å². The largest absolute Gasteiger partial charge is 0.493 e. The number of ether oxygens (including phenoxy) is 3. The summed E-state index contributed by atoms with van der Waals surface area (Å²) in [4.78, 5) is 21.6. The van der Waals surface area contributed by atoms with E-state index in [1.165, 1.54) is 7.11 Å². The Hall–Kier alpha value is -4.08. The highest BCUT2D eigenvalue weighted by Gasteiger charge is 2.47. The van der Waals surface area contributed by atoms with Crippen molar-refractivity contribution < 1.29 is 29.2 Å². The van der Waals surface area contributed by atoms with Gasteiger partial charge < -0.3 is 34.7 Å². The SMILES string of the molecule is COc1cc(C(=O)NCC(O)(c2cc3c(c(-c4c[nH]c5c(C)cccc45)n2)OCC3)C2CC2)ccc1OCCO. The van der Waals surface area contributed by atoms with Crippen LogP contribution in [0.3, 0.4) is 0 Å². The third-order valence-electron chi connectivity index (χ3n) is 7.84. The van der Waals surface area contributed by atoms with E-state index in [0.717, 1.165) is 52.6 Å². The summed E-state index contributed by atoms with van der Waals surface area (Å²) >= 11 is 0. The molecule has 2 aromatic carbocycles. The summed E-state index contributed by atoms with van der Waals surface area (Å²) in [6.45, 7) is 2.63. The van der Waals surface area contributed by atoms with Crippen LogP contribution in [0.5, 0.6) is 17.2 Å². The molecule has 3 heterocycles. The molecule has 4 N–H and O–H groups in total. The van der Waals surface area contributed by atoms with E-state index in [1.807, 2.05) is 18.3 Å². The van der Waals surface area contributed by atoms with Gasteiger partial charge in [0.15, 0.2) is 11.5 Å². The minimum absolute atomic E-state index is 0.0115. The third kappa shape index (κ3) is 4.65. The van der Waals surface area contributed by atoms with Crippen LogP contribution in [0, 0.1) is 12.8 Å². The Bertz CT molecular complexity index is 1580. The molecule has 0 radical (unpaired) electrons. The molecule has 0 bridgehead atoms. The maximum absolute atomic E-state index is 13.2. The smallest absolute Gasteiger partial charge is 0.251 e. The number of aliphatic hydroxyl groups is 2. The number of fused-ring (bicyclic) bond motifs is 2. The van der Waals surface area contributed by atoms with Crippen molar-refractivity contribution in [1.82, 2.24) is 15.3 Å². The number of hydrogen-bond acceptors (Lipinski definition) is 7. The van der Waals surface area contributed by atoms with Gasteiger partial charge in [0.1, 0.15) is 23.7 Å². The predicted octanol–water partition coefficient (Wildman–Crippen LogP) is 3.88. The average molecular weight is 544 g/mol. The van der Waals surface area contributed by atoms with E-state index in [0.29, 0.717) is 35.1 Å². The lowest BCUT2D eigenvalue weighted by Crippen LogP contribution is -2.43. The zero-order chi connectivity index (χ0) is 27.9. The molecule has 1 aliphatic heterocycles. The number of pyridine rings is 1. The second-order valence-electron chi connectivity index (χ2n) is 10.5. The fourth-order valence-corrected chi connectivity index (χ4v) is 5.51. The number of aliphatic hydroxyl groups excluding tert-OH is 1. The van der Waals surface area contributed by atoms with Gasteiger partial charge in [-0.05, 0) is 55.5 Å². The number of benzene rings is 2. The van der Waals surface area contributed by atoms with Gasteiger partial charge in [-0.2, -0.15) is 0 Å². The number of hydrogen-bond donors (Lipinski definition) is 4. The molecule has 1 aliphatic carbocycles. The third-order valence-corrected chi connectivity index (χ3v) is 7.84. The second kappa shape index (κ2) is 10.5. The van der Waals surface area contributed by atoms with Crippen molar-refractivity contribution in [3.8, 4) is 28.5 Å². The Morgan fingerprint density at radius 2 is 2.08 bits per heavy atom. The van der Waals surface area contributed by atoms with Gasteiger partial charge in [0.2, 0.25) is 0 Å². The maximum Gasteiger partial charge on any atom is 0.251 e. The van der Waals surface area contributed by atoms with E-state index in [9.17, 15) is 9.90 Å². The summed E-state index contributed by atoms with van der Waals surface area (Å²) in [5.74, 6) is 1.22. The van der Waals surface area contributed by atoms with Crippen LogP contribution in [-0.2, 0) is 12.0 Å². The van der Waals surface area contributed by atoms with E-state index >= 15 is 0 Å². The van der Waals surface area contributed by atoms with Crippen LogP contribution >= 0.6 is 0 Å². The molecule has 9 nitrogen and oxygen atoms in total. The van der Waals surface area contributed by atoms with Crippen molar-refractivity contribution in [3.05, 3.63) is 71.0 Å². The van der Waals surface area contributed by atoms with E-state index in [-0.39, 0.29) is 31.6 Å². The fourth-order valence-electron chi connectivity index (χ4n) is 5.51. The Morgan fingerprint density at radius 3 is 2.85 bits per heavy atom.